The average molecular weight is 198 g/mol. The second-order valence-corrected chi connectivity index (χ2v) is 6.34. The first-order valence-electron chi connectivity index (χ1n) is 6.28. The van der Waals surface area contributed by atoms with Gasteiger partial charge in [0, 0.05) is 0 Å². The molecular formula is C14H30. The van der Waals surface area contributed by atoms with E-state index in [2.05, 4.69) is 48.5 Å². The summed E-state index contributed by atoms with van der Waals surface area (Å²) in [5.74, 6) is 2.48. The summed E-state index contributed by atoms with van der Waals surface area (Å²) in [5, 5.41) is 0. The van der Waals surface area contributed by atoms with E-state index in [1.807, 2.05) is 0 Å². The van der Waals surface area contributed by atoms with E-state index in [9.17, 15) is 0 Å². The van der Waals surface area contributed by atoms with Gasteiger partial charge in [-0.1, -0.05) is 54.9 Å². The largest absolute Gasteiger partial charge is 0.0628 e. The Labute approximate surface area is 91.5 Å². The fraction of sp³-hybridized carbons (Fsp3) is 1.00. The highest BCUT2D eigenvalue weighted by Crippen LogP contribution is 2.39. The standard InChI is InChI=1S/C14H30/c1-11(2)8-9-14(7,13(5)6)10-12(3)4/h11-13H,8-10H2,1-7H3. The van der Waals surface area contributed by atoms with Gasteiger partial charge in [0.05, 0.1) is 0 Å². The molecule has 0 rings (SSSR count). The van der Waals surface area contributed by atoms with Crippen LogP contribution < -0.4 is 0 Å². The van der Waals surface area contributed by atoms with Gasteiger partial charge >= 0.3 is 0 Å². The SMILES string of the molecule is CC(C)CCC(C)(CC(C)C)C(C)C. The minimum atomic E-state index is 0.554. The summed E-state index contributed by atoms with van der Waals surface area (Å²) in [6.45, 7) is 16.6. The smallest absolute Gasteiger partial charge is 0.0300 e. The highest BCUT2D eigenvalue weighted by atomic mass is 14.3. The summed E-state index contributed by atoms with van der Waals surface area (Å²) in [5.41, 5.74) is 0.554. The third-order valence-electron chi connectivity index (χ3n) is 3.56. The second-order valence-electron chi connectivity index (χ2n) is 6.34. The molecular weight excluding hydrogens is 168 g/mol. The van der Waals surface area contributed by atoms with Gasteiger partial charge in [0.15, 0.2) is 0 Å². The van der Waals surface area contributed by atoms with Crippen LogP contribution in [0, 0.1) is 23.2 Å². The Hall–Kier alpha value is 0. The molecule has 0 spiro atoms. The Morgan fingerprint density at radius 2 is 1.36 bits per heavy atom. The van der Waals surface area contributed by atoms with Crippen LogP contribution in [0.2, 0.25) is 0 Å². The van der Waals surface area contributed by atoms with Crippen LogP contribution in [-0.4, -0.2) is 0 Å². The summed E-state index contributed by atoms with van der Waals surface area (Å²) < 4.78 is 0. The maximum absolute atomic E-state index is 2.47. The number of rotatable bonds is 6. The first kappa shape index (κ1) is 14.0. The summed E-state index contributed by atoms with van der Waals surface area (Å²) in [6.07, 6.45) is 4.14. The molecule has 0 aromatic rings. The number of hydrogen-bond acceptors (Lipinski definition) is 0. The Balaban J connectivity index is 4.24. The molecule has 0 amide bonds. The summed E-state index contributed by atoms with van der Waals surface area (Å²) >= 11 is 0. The second kappa shape index (κ2) is 5.78. The van der Waals surface area contributed by atoms with Gasteiger partial charge in [0.25, 0.3) is 0 Å². The fourth-order valence-corrected chi connectivity index (χ4v) is 2.18. The molecule has 0 aliphatic carbocycles. The molecule has 0 radical (unpaired) electrons. The lowest BCUT2D eigenvalue weighted by Crippen LogP contribution is -2.26. The summed E-state index contributed by atoms with van der Waals surface area (Å²) in [4.78, 5) is 0. The van der Waals surface area contributed by atoms with Crippen LogP contribution in [0.25, 0.3) is 0 Å². The first-order chi connectivity index (χ1) is 6.28. The minimum Gasteiger partial charge on any atom is -0.0628 e. The normalized spacial score (nSPS) is 16.7. The molecule has 86 valence electrons. The number of hydrogen-bond donors (Lipinski definition) is 0. The molecule has 0 bridgehead atoms. The fourth-order valence-electron chi connectivity index (χ4n) is 2.18. The Kier molecular flexibility index (Phi) is 5.78. The third kappa shape index (κ3) is 5.02. The van der Waals surface area contributed by atoms with Crippen molar-refractivity contribution < 1.29 is 0 Å². The van der Waals surface area contributed by atoms with E-state index in [1.54, 1.807) is 0 Å². The van der Waals surface area contributed by atoms with Crippen LogP contribution in [-0.2, 0) is 0 Å². The lowest BCUT2D eigenvalue weighted by molar-refractivity contribution is 0.146. The quantitative estimate of drug-likeness (QED) is 0.555. The Morgan fingerprint density at radius 1 is 0.857 bits per heavy atom. The lowest BCUT2D eigenvalue weighted by atomic mass is 9.69. The van der Waals surface area contributed by atoms with Gasteiger partial charge in [-0.2, -0.15) is 0 Å². The molecule has 14 heavy (non-hydrogen) atoms. The Morgan fingerprint density at radius 3 is 1.64 bits per heavy atom. The van der Waals surface area contributed by atoms with Crippen molar-refractivity contribution in [2.24, 2.45) is 23.2 Å². The van der Waals surface area contributed by atoms with E-state index in [0.29, 0.717) is 5.41 Å². The predicted molar refractivity (Wildman–Crippen MR) is 66.5 cm³/mol. The van der Waals surface area contributed by atoms with Crippen LogP contribution in [0.15, 0.2) is 0 Å². The lowest BCUT2D eigenvalue weighted by Gasteiger charge is -2.36. The molecule has 1 atom stereocenters. The van der Waals surface area contributed by atoms with Crippen molar-refractivity contribution in [3.63, 3.8) is 0 Å². The topological polar surface area (TPSA) is 0 Å². The molecule has 0 fully saturated rings. The van der Waals surface area contributed by atoms with Gasteiger partial charge in [-0.05, 0) is 36.0 Å². The van der Waals surface area contributed by atoms with Crippen molar-refractivity contribution in [2.45, 2.75) is 67.7 Å². The van der Waals surface area contributed by atoms with E-state index < -0.39 is 0 Å². The zero-order valence-corrected chi connectivity index (χ0v) is 11.4. The van der Waals surface area contributed by atoms with Crippen molar-refractivity contribution in [1.29, 1.82) is 0 Å². The van der Waals surface area contributed by atoms with Crippen molar-refractivity contribution in [3.05, 3.63) is 0 Å². The van der Waals surface area contributed by atoms with Gasteiger partial charge in [0.2, 0.25) is 0 Å². The molecule has 0 aliphatic rings. The maximum Gasteiger partial charge on any atom is -0.0300 e. The van der Waals surface area contributed by atoms with Crippen LogP contribution >= 0.6 is 0 Å². The van der Waals surface area contributed by atoms with Crippen molar-refractivity contribution >= 4 is 0 Å². The van der Waals surface area contributed by atoms with Crippen molar-refractivity contribution in [1.82, 2.24) is 0 Å². The van der Waals surface area contributed by atoms with E-state index in [1.165, 1.54) is 19.3 Å². The molecule has 0 N–H and O–H groups in total. The molecule has 0 heterocycles. The highest BCUT2D eigenvalue weighted by Gasteiger charge is 2.28. The van der Waals surface area contributed by atoms with Crippen molar-refractivity contribution in [2.75, 3.05) is 0 Å². The first-order valence-corrected chi connectivity index (χ1v) is 6.28. The molecule has 0 saturated heterocycles. The highest BCUT2D eigenvalue weighted by molar-refractivity contribution is 4.79. The van der Waals surface area contributed by atoms with E-state index in [-0.39, 0.29) is 0 Å². The van der Waals surface area contributed by atoms with Gasteiger partial charge in [-0.15, -0.1) is 0 Å². The zero-order valence-electron chi connectivity index (χ0n) is 11.4. The van der Waals surface area contributed by atoms with Crippen molar-refractivity contribution in [3.8, 4) is 0 Å². The molecule has 1 unspecified atom stereocenters. The Bertz CT molecular complexity index is 144. The van der Waals surface area contributed by atoms with Crippen LogP contribution in [0.5, 0.6) is 0 Å². The van der Waals surface area contributed by atoms with Gasteiger partial charge in [0.1, 0.15) is 0 Å². The molecule has 0 aromatic heterocycles. The van der Waals surface area contributed by atoms with E-state index in [4.69, 9.17) is 0 Å². The third-order valence-corrected chi connectivity index (χ3v) is 3.56. The van der Waals surface area contributed by atoms with Gasteiger partial charge < -0.3 is 0 Å². The average Bonchev–Trinajstić information content (AvgIpc) is 1.99. The van der Waals surface area contributed by atoms with Gasteiger partial charge in [-0.3, -0.25) is 0 Å². The molecule has 0 heteroatoms. The monoisotopic (exact) mass is 198 g/mol. The zero-order chi connectivity index (χ0) is 11.4. The van der Waals surface area contributed by atoms with Crippen LogP contribution in [0.3, 0.4) is 0 Å². The summed E-state index contributed by atoms with van der Waals surface area (Å²) in [6, 6.07) is 0. The molecule has 0 aromatic carbocycles. The summed E-state index contributed by atoms with van der Waals surface area (Å²) in [7, 11) is 0. The van der Waals surface area contributed by atoms with E-state index in [0.717, 1.165) is 17.8 Å². The molecule has 0 aliphatic heterocycles. The predicted octanol–water partition coefficient (Wildman–Crippen LogP) is 5.13. The van der Waals surface area contributed by atoms with Gasteiger partial charge in [-0.25, -0.2) is 0 Å². The molecule has 0 nitrogen and oxygen atoms in total. The van der Waals surface area contributed by atoms with Crippen LogP contribution in [0.1, 0.15) is 67.7 Å². The van der Waals surface area contributed by atoms with Crippen LogP contribution in [0.4, 0.5) is 0 Å². The minimum absolute atomic E-state index is 0.554. The molecule has 0 saturated carbocycles. The van der Waals surface area contributed by atoms with E-state index >= 15 is 0 Å². The maximum atomic E-state index is 2.47.